The molecule has 140 valence electrons. The summed E-state index contributed by atoms with van der Waals surface area (Å²) in [6, 6.07) is 7.00. The Kier molecular flexibility index (Phi) is 3.38. The summed E-state index contributed by atoms with van der Waals surface area (Å²) in [7, 11) is 3.53. The van der Waals surface area contributed by atoms with Gasteiger partial charge in [-0.05, 0) is 42.5 Å². The number of rotatable bonds is 0. The maximum Gasteiger partial charge on any atom is 0.197 e. The molecular weight excluding hydrogens is 362 g/mol. The van der Waals surface area contributed by atoms with Crippen LogP contribution in [0.5, 0.6) is 0 Å². The fraction of sp³-hybridized carbons (Fsp3) is 0.182. The van der Waals surface area contributed by atoms with Gasteiger partial charge in [-0.1, -0.05) is 6.08 Å². The molecule has 0 bridgehead atoms. The number of benzene rings is 2. The normalized spacial score (nSPS) is 21.1. The van der Waals surface area contributed by atoms with Gasteiger partial charge in [0.05, 0.1) is 23.0 Å². The second-order valence-electron chi connectivity index (χ2n) is 7.34. The van der Waals surface area contributed by atoms with Gasteiger partial charge in [0.25, 0.3) is 0 Å². The minimum atomic E-state index is -0.482. The van der Waals surface area contributed by atoms with Gasteiger partial charge in [0.2, 0.25) is 0 Å². The van der Waals surface area contributed by atoms with Crippen LogP contribution in [0.1, 0.15) is 10.4 Å². The molecule has 1 aromatic heterocycles. The fourth-order valence-electron chi connectivity index (χ4n) is 4.34. The van der Waals surface area contributed by atoms with Crippen LogP contribution in [-0.4, -0.2) is 23.4 Å². The van der Waals surface area contributed by atoms with Crippen LogP contribution in [0.4, 0.5) is 14.5 Å². The number of halogens is 2. The lowest BCUT2D eigenvalue weighted by Gasteiger charge is -2.39. The monoisotopic (exact) mass is 378 g/mol. The molecule has 0 saturated heterocycles. The Hall–Kier alpha value is -3.28. The van der Waals surface area contributed by atoms with Gasteiger partial charge in [0.1, 0.15) is 11.6 Å². The summed E-state index contributed by atoms with van der Waals surface area (Å²) < 4.78 is 29.2. The molecule has 5 rings (SSSR count). The van der Waals surface area contributed by atoms with E-state index >= 15 is 0 Å². The first-order chi connectivity index (χ1) is 13.4. The predicted octanol–water partition coefficient (Wildman–Crippen LogP) is 3.87. The van der Waals surface area contributed by atoms with E-state index in [9.17, 15) is 18.4 Å². The second-order valence-corrected chi connectivity index (χ2v) is 7.34. The minimum absolute atomic E-state index is 0.119. The van der Waals surface area contributed by atoms with Crippen molar-refractivity contribution in [3.63, 3.8) is 0 Å². The highest BCUT2D eigenvalue weighted by molar-refractivity contribution is 6.10. The van der Waals surface area contributed by atoms with Crippen LogP contribution < -0.4 is 10.3 Å². The van der Waals surface area contributed by atoms with Crippen LogP contribution in [0.2, 0.25) is 0 Å². The molecule has 28 heavy (non-hydrogen) atoms. The molecule has 2 atom stereocenters. The van der Waals surface area contributed by atoms with Crippen LogP contribution in [0, 0.1) is 11.7 Å². The van der Waals surface area contributed by atoms with Crippen LogP contribution in [-0.2, 0) is 7.05 Å². The molecule has 2 unspecified atom stereocenters. The van der Waals surface area contributed by atoms with Crippen molar-refractivity contribution in [1.29, 1.82) is 0 Å². The predicted molar refractivity (Wildman–Crippen MR) is 105 cm³/mol. The summed E-state index contributed by atoms with van der Waals surface area (Å²) in [4.78, 5) is 28.0. The third-order valence-electron chi connectivity index (χ3n) is 5.84. The number of anilines is 1. The molecule has 1 aliphatic heterocycles. The number of carbonyl (C=O) groups excluding carboxylic acids is 1. The molecule has 0 fully saturated rings. The van der Waals surface area contributed by atoms with Gasteiger partial charge < -0.3 is 9.47 Å². The maximum atomic E-state index is 13.8. The van der Waals surface area contributed by atoms with Gasteiger partial charge >= 0.3 is 0 Å². The molecule has 2 aromatic carbocycles. The van der Waals surface area contributed by atoms with E-state index in [1.165, 1.54) is 30.4 Å². The number of aryl methyl sites for hydroxylation is 1. The fourth-order valence-corrected chi connectivity index (χ4v) is 4.34. The highest BCUT2D eigenvalue weighted by atomic mass is 19.1. The van der Waals surface area contributed by atoms with Gasteiger partial charge in [0, 0.05) is 36.1 Å². The number of hydrogen-bond donors (Lipinski definition) is 0. The molecule has 3 aromatic rings. The SMILES string of the molecule is CN1c2cc3c(=O)c4ccc(F)cc4n(C)c3cc2C(=O)C2C=CC(F)=CC21. The number of carbonyl (C=O) groups is 1. The van der Waals surface area contributed by atoms with Crippen molar-refractivity contribution in [2.45, 2.75) is 6.04 Å². The van der Waals surface area contributed by atoms with E-state index in [1.807, 2.05) is 4.90 Å². The van der Waals surface area contributed by atoms with Crippen LogP contribution in [0.25, 0.3) is 21.8 Å². The number of nitrogens with zero attached hydrogens (tertiary/aromatic N) is 2. The van der Waals surface area contributed by atoms with Gasteiger partial charge in [-0.3, -0.25) is 9.59 Å². The minimum Gasteiger partial charge on any atom is -0.366 e. The second kappa shape index (κ2) is 5.61. The van der Waals surface area contributed by atoms with Crippen molar-refractivity contribution in [3.05, 3.63) is 76.0 Å². The van der Waals surface area contributed by atoms with Crippen LogP contribution >= 0.6 is 0 Å². The zero-order chi connectivity index (χ0) is 19.7. The number of ketones is 1. The highest BCUT2D eigenvalue weighted by Crippen LogP contribution is 2.38. The molecule has 2 aliphatic rings. The van der Waals surface area contributed by atoms with Crippen molar-refractivity contribution in [2.24, 2.45) is 13.0 Å². The van der Waals surface area contributed by atoms with Crippen molar-refractivity contribution in [3.8, 4) is 0 Å². The Balaban J connectivity index is 1.86. The van der Waals surface area contributed by atoms with Gasteiger partial charge in [-0.2, -0.15) is 0 Å². The highest BCUT2D eigenvalue weighted by Gasteiger charge is 2.38. The van der Waals surface area contributed by atoms with E-state index < -0.39 is 17.8 Å². The summed E-state index contributed by atoms with van der Waals surface area (Å²) in [5, 5.41) is 0.847. The molecule has 0 radical (unpaired) electrons. The third-order valence-corrected chi connectivity index (χ3v) is 5.84. The molecule has 2 heterocycles. The number of fused-ring (bicyclic) bond motifs is 4. The molecule has 4 nitrogen and oxygen atoms in total. The number of likely N-dealkylation sites (N-methyl/N-ethyl adjacent to an activating group) is 1. The van der Waals surface area contributed by atoms with E-state index in [1.54, 1.807) is 36.9 Å². The van der Waals surface area contributed by atoms with Gasteiger partial charge in [-0.15, -0.1) is 0 Å². The zero-order valence-corrected chi connectivity index (χ0v) is 15.2. The number of allylic oxidation sites excluding steroid dienone is 2. The quantitative estimate of drug-likeness (QED) is 0.558. The van der Waals surface area contributed by atoms with Crippen molar-refractivity contribution < 1.29 is 13.6 Å². The van der Waals surface area contributed by atoms with E-state index in [0.29, 0.717) is 33.1 Å². The molecule has 6 heteroatoms. The first-order valence-corrected chi connectivity index (χ1v) is 8.95. The number of aromatic nitrogens is 1. The van der Waals surface area contributed by atoms with Crippen LogP contribution in [0.3, 0.4) is 0 Å². The maximum absolute atomic E-state index is 13.8. The Morgan fingerprint density at radius 2 is 1.71 bits per heavy atom. The summed E-state index contributed by atoms with van der Waals surface area (Å²) >= 11 is 0. The van der Waals surface area contributed by atoms with Crippen molar-refractivity contribution in [1.82, 2.24) is 4.57 Å². The molecule has 0 N–H and O–H groups in total. The summed E-state index contributed by atoms with van der Waals surface area (Å²) in [6.07, 6.45) is 4.32. The lowest BCUT2D eigenvalue weighted by Crippen LogP contribution is -2.45. The summed E-state index contributed by atoms with van der Waals surface area (Å²) in [6.45, 7) is 0. The Morgan fingerprint density at radius 1 is 0.964 bits per heavy atom. The largest absolute Gasteiger partial charge is 0.366 e. The lowest BCUT2D eigenvalue weighted by molar-refractivity contribution is 0.0929. The summed E-state index contributed by atoms with van der Waals surface area (Å²) in [5.74, 6) is -1.41. The first kappa shape index (κ1) is 16.9. The van der Waals surface area contributed by atoms with E-state index in [4.69, 9.17) is 0 Å². The van der Waals surface area contributed by atoms with Crippen molar-refractivity contribution in [2.75, 3.05) is 11.9 Å². The molecule has 1 aliphatic carbocycles. The Bertz CT molecular complexity index is 1320. The first-order valence-electron chi connectivity index (χ1n) is 8.95. The standard InChI is InChI=1S/C22H16F2N2O2/c1-25-17-7-11(23)3-5-13(17)21(27)15-10-20-16(9-19(15)25)22(28)14-6-4-12(24)8-18(14)26(20)2/h3-10,13,17H,1-2H3. The van der Waals surface area contributed by atoms with Crippen molar-refractivity contribution >= 4 is 33.3 Å². The lowest BCUT2D eigenvalue weighted by atomic mass is 9.81. The van der Waals surface area contributed by atoms with Crippen LogP contribution in [0.15, 0.2) is 59.2 Å². The van der Waals surface area contributed by atoms with Gasteiger partial charge in [-0.25, -0.2) is 8.78 Å². The third kappa shape index (κ3) is 2.14. The number of hydrogen-bond acceptors (Lipinski definition) is 3. The zero-order valence-electron chi connectivity index (χ0n) is 15.2. The average Bonchev–Trinajstić information content (AvgIpc) is 2.69. The van der Waals surface area contributed by atoms with E-state index in [0.717, 1.165) is 0 Å². The Morgan fingerprint density at radius 3 is 2.50 bits per heavy atom. The summed E-state index contributed by atoms with van der Waals surface area (Å²) in [5.41, 5.74) is 1.87. The number of Topliss-reactive ketones (excluding diaryl/α,β-unsaturated/α-hetero) is 1. The topological polar surface area (TPSA) is 42.3 Å². The molecule has 0 amide bonds. The smallest absolute Gasteiger partial charge is 0.197 e. The molecular formula is C22H16F2N2O2. The Labute approximate surface area is 159 Å². The van der Waals surface area contributed by atoms with Gasteiger partial charge in [0.15, 0.2) is 11.2 Å². The molecule has 0 spiro atoms. The van der Waals surface area contributed by atoms with E-state index in [-0.39, 0.29) is 17.0 Å². The average molecular weight is 378 g/mol. The molecule has 0 saturated carbocycles. The van der Waals surface area contributed by atoms with E-state index in [2.05, 4.69) is 0 Å². The number of pyridine rings is 1.